The maximum absolute atomic E-state index is 5.79. The molecule has 0 atom stereocenters. The predicted molar refractivity (Wildman–Crippen MR) is 109 cm³/mol. The molecule has 5 nitrogen and oxygen atoms in total. The van der Waals surface area contributed by atoms with Gasteiger partial charge in [0.05, 0.1) is 0 Å². The van der Waals surface area contributed by atoms with E-state index in [1.54, 1.807) is 0 Å². The molecule has 1 saturated heterocycles. The Morgan fingerprint density at radius 2 is 1.88 bits per heavy atom. The maximum atomic E-state index is 5.79. The van der Waals surface area contributed by atoms with E-state index in [9.17, 15) is 0 Å². The number of guanidine groups is 1. The van der Waals surface area contributed by atoms with Gasteiger partial charge in [-0.2, -0.15) is 0 Å². The SMILES string of the molecule is CN=C(NC1CCC1)N1CCN(CCOc2ccccc2)CC1.I. The second-order valence-corrected chi connectivity index (χ2v) is 6.31. The molecular formula is C18H29IN4O. The number of hydrogen-bond donors (Lipinski definition) is 1. The van der Waals surface area contributed by atoms with Crippen molar-refractivity contribution in [2.75, 3.05) is 46.4 Å². The number of para-hydroxylation sites is 1. The summed E-state index contributed by atoms with van der Waals surface area (Å²) in [4.78, 5) is 9.30. The number of rotatable bonds is 5. The topological polar surface area (TPSA) is 40.1 Å². The number of hydrogen-bond acceptors (Lipinski definition) is 3. The summed E-state index contributed by atoms with van der Waals surface area (Å²) in [5.41, 5.74) is 0. The molecule has 1 N–H and O–H groups in total. The first-order valence-electron chi connectivity index (χ1n) is 8.73. The third-order valence-electron chi connectivity index (χ3n) is 4.74. The van der Waals surface area contributed by atoms with Crippen molar-refractivity contribution in [1.82, 2.24) is 15.1 Å². The molecule has 24 heavy (non-hydrogen) atoms. The van der Waals surface area contributed by atoms with E-state index in [4.69, 9.17) is 4.74 Å². The fourth-order valence-electron chi connectivity index (χ4n) is 3.03. The normalized spacial score (nSPS) is 19.4. The molecule has 0 bridgehead atoms. The highest BCUT2D eigenvalue weighted by Gasteiger charge is 2.23. The summed E-state index contributed by atoms with van der Waals surface area (Å²) in [6.45, 7) is 5.96. The first-order valence-corrected chi connectivity index (χ1v) is 8.73. The second-order valence-electron chi connectivity index (χ2n) is 6.31. The van der Waals surface area contributed by atoms with E-state index >= 15 is 0 Å². The van der Waals surface area contributed by atoms with Gasteiger partial charge < -0.3 is 15.0 Å². The number of aliphatic imine (C=N–C) groups is 1. The molecule has 134 valence electrons. The Hall–Kier alpha value is -1.02. The maximum Gasteiger partial charge on any atom is 0.193 e. The summed E-state index contributed by atoms with van der Waals surface area (Å²) in [5, 5.41) is 3.59. The lowest BCUT2D eigenvalue weighted by atomic mass is 9.93. The second kappa shape index (κ2) is 10.1. The minimum atomic E-state index is 0. The average molecular weight is 444 g/mol. The summed E-state index contributed by atoms with van der Waals surface area (Å²) in [7, 11) is 1.89. The zero-order valence-corrected chi connectivity index (χ0v) is 16.8. The third kappa shape index (κ3) is 5.51. The molecule has 1 aliphatic heterocycles. The summed E-state index contributed by atoms with van der Waals surface area (Å²) in [6, 6.07) is 10.7. The van der Waals surface area contributed by atoms with Gasteiger partial charge in [-0.3, -0.25) is 9.89 Å². The van der Waals surface area contributed by atoms with Gasteiger partial charge in [-0.15, -0.1) is 24.0 Å². The van der Waals surface area contributed by atoms with Gasteiger partial charge in [0.2, 0.25) is 0 Å². The van der Waals surface area contributed by atoms with Crippen molar-refractivity contribution < 1.29 is 4.74 Å². The van der Waals surface area contributed by atoms with E-state index in [0.717, 1.165) is 51.0 Å². The molecule has 1 heterocycles. The number of halogens is 1. The average Bonchev–Trinajstić information content (AvgIpc) is 2.56. The smallest absolute Gasteiger partial charge is 0.193 e. The van der Waals surface area contributed by atoms with Crippen LogP contribution in [0.3, 0.4) is 0 Å². The summed E-state index contributed by atoms with van der Waals surface area (Å²) < 4.78 is 5.79. The van der Waals surface area contributed by atoms with E-state index in [2.05, 4.69) is 20.1 Å². The van der Waals surface area contributed by atoms with E-state index in [0.29, 0.717) is 6.04 Å². The fraction of sp³-hybridized carbons (Fsp3) is 0.611. The highest BCUT2D eigenvalue weighted by molar-refractivity contribution is 14.0. The summed E-state index contributed by atoms with van der Waals surface area (Å²) in [6.07, 6.45) is 3.93. The lowest BCUT2D eigenvalue weighted by Crippen LogP contribution is -2.55. The van der Waals surface area contributed by atoms with Crippen LogP contribution in [0, 0.1) is 0 Å². The van der Waals surface area contributed by atoms with Crippen molar-refractivity contribution in [3.63, 3.8) is 0 Å². The monoisotopic (exact) mass is 444 g/mol. The number of nitrogens with one attached hydrogen (secondary N) is 1. The lowest BCUT2D eigenvalue weighted by molar-refractivity contribution is 0.151. The largest absolute Gasteiger partial charge is 0.492 e. The lowest BCUT2D eigenvalue weighted by Gasteiger charge is -2.38. The molecule has 6 heteroatoms. The molecule has 0 unspecified atom stereocenters. The van der Waals surface area contributed by atoms with Crippen LogP contribution in [0.4, 0.5) is 0 Å². The Kier molecular flexibility index (Phi) is 8.11. The molecule has 1 aromatic carbocycles. The van der Waals surface area contributed by atoms with E-state index in [1.807, 2.05) is 37.4 Å². The first-order chi connectivity index (χ1) is 11.3. The summed E-state index contributed by atoms with van der Waals surface area (Å²) >= 11 is 0. The fourth-order valence-corrected chi connectivity index (χ4v) is 3.03. The Labute approximate surface area is 162 Å². The van der Waals surface area contributed by atoms with Crippen LogP contribution in [-0.2, 0) is 0 Å². The number of nitrogens with zero attached hydrogens (tertiary/aromatic N) is 3. The standard InChI is InChI=1S/C18H28N4O.HI/c1-19-18(20-16-6-5-7-16)22-12-10-21(11-13-22)14-15-23-17-8-3-2-4-9-17;/h2-4,8-9,16H,5-7,10-15H2,1H3,(H,19,20);1H. The van der Waals surface area contributed by atoms with Crippen LogP contribution >= 0.6 is 24.0 Å². The van der Waals surface area contributed by atoms with E-state index < -0.39 is 0 Å². The number of benzene rings is 1. The molecule has 3 rings (SSSR count). The van der Waals surface area contributed by atoms with Gasteiger partial charge in [0.1, 0.15) is 12.4 Å². The predicted octanol–water partition coefficient (Wildman–Crippen LogP) is 2.43. The van der Waals surface area contributed by atoms with Gasteiger partial charge in [-0.1, -0.05) is 18.2 Å². The van der Waals surface area contributed by atoms with Crippen LogP contribution in [0.2, 0.25) is 0 Å². The van der Waals surface area contributed by atoms with Gasteiger partial charge in [-0.25, -0.2) is 0 Å². The third-order valence-corrected chi connectivity index (χ3v) is 4.74. The Morgan fingerprint density at radius 1 is 1.17 bits per heavy atom. The molecule has 0 amide bonds. The summed E-state index contributed by atoms with van der Waals surface area (Å²) in [5.74, 6) is 2.03. The highest BCUT2D eigenvalue weighted by Crippen LogP contribution is 2.18. The quantitative estimate of drug-likeness (QED) is 0.431. The van der Waals surface area contributed by atoms with Crippen molar-refractivity contribution in [1.29, 1.82) is 0 Å². The van der Waals surface area contributed by atoms with Crippen LogP contribution in [0.1, 0.15) is 19.3 Å². The van der Waals surface area contributed by atoms with Crippen molar-refractivity contribution in [2.45, 2.75) is 25.3 Å². The molecule has 2 fully saturated rings. The van der Waals surface area contributed by atoms with Crippen LogP contribution in [0.15, 0.2) is 35.3 Å². The minimum Gasteiger partial charge on any atom is -0.492 e. The molecule has 2 aliphatic rings. The Morgan fingerprint density at radius 3 is 2.46 bits per heavy atom. The number of piperazine rings is 1. The zero-order chi connectivity index (χ0) is 15.9. The van der Waals surface area contributed by atoms with Crippen LogP contribution < -0.4 is 10.1 Å². The zero-order valence-electron chi connectivity index (χ0n) is 14.5. The van der Waals surface area contributed by atoms with Crippen LogP contribution in [0.25, 0.3) is 0 Å². The van der Waals surface area contributed by atoms with Gasteiger partial charge in [0, 0.05) is 45.8 Å². The van der Waals surface area contributed by atoms with Crippen LogP contribution in [0.5, 0.6) is 5.75 Å². The van der Waals surface area contributed by atoms with Gasteiger partial charge in [0.25, 0.3) is 0 Å². The molecule has 0 aromatic heterocycles. The van der Waals surface area contributed by atoms with E-state index in [-0.39, 0.29) is 24.0 Å². The molecule has 1 aromatic rings. The highest BCUT2D eigenvalue weighted by atomic mass is 127. The molecule has 1 saturated carbocycles. The molecule has 1 aliphatic carbocycles. The number of ether oxygens (including phenoxy) is 1. The molecular weight excluding hydrogens is 415 g/mol. The Bertz CT molecular complexity index is 499. The van der Waals surface area contributed by atoms with Crippen molar-refractivity contribution in [2.24, 2.45) is 4.99 Å². The van der Waals surface area contributed by atoms with Crippen molar-refractivity contribution in [3.8, 4) is 5.75 Å². The van der Waals surface area contributed by atoms with Crippen molar-refractivity contribution >= 4 is 29.9 Å². The van der Waals surface area contributed by atoms with Gasteiger partial charge in [0.15, 0.2) is 5.96 Å². The first kappa shape index (κ1) is 19.3. The van der Waals surface area contributed by atoms with Crippen LogP contribution in [-0.4, -0.2) is 68.2 Å². The van der Waals surface area contributed by atoms with Gasteiger partial charge in [-0.05, 0) is 31.4 Å². The van der Waals surface area contributed by atoms with Crippen molar-refractivity contribution in [3.05, 3.63) is 30.3 Å². The molecule has 0 radical (unpaired) electrons. The van der Waals surface area contributed by atoms with E-state index in [1.165, 1.54) is 19.3 Å². The van der Waals surface area contributed by atoms with Gasteiger partial charge >= 0.3 is 0 Å². The minimum absolute atomic E-state index is 0. The Balaban J connectivity index is 0.00000208. The molecule has 0 spiro atoms.